The molecule has 6 heteroatoms. The van der Waals surface area contributed by atoms with E-state index in [9.17, 15) is 4.79 Å². The zero-order valence-electron chi connectivity index (χ0n) is 9.73. The zero-order valence-corrected chi connectivity index (χ0v) is 12.1. The molecule has 0 aliphatic carbocycles. The fraction of sp³-hybridized carbons (Fsp3) is 0.417. The van der Waals surface area contributed by atoms with Crippen LogP contribution in [0.5, 0.6) is 0 Å². The summed E-state index contributed by atoms with van der Waals surface area (Å²) < 4.78 is 0. The number of carbonyl (C=O) groups excluding carboxylic acids is 1. The molecular formula is C12H15Cl3N2O. The van der Waals surface area contributed by atoms with E-state index in [1.54, 1.807) is 17.0 Å². The maximum Gasteiger partial charge on any atom is 0.227 e. The monoisotopic (exact) mass is 308 g/mol. The predicted octanol–water partition coefficient (Wildman–Crippen LogP) is 2.52. The van der Waals surface area contributed by atoms with E-state index >= 15 is 0 Å². The molecule has 1 heterocycles. The second kappa shape index (κ2) is 6.62. The highest BCUT2D eigenvalue weighted by Gasteiger charge is 2.23. The SMILES string of the molecule is Cl.N[C@@H]1CCN(C(=O)Cc2ccc(Cl)c(Cl)c2)C1. The van der Waals surface area contributed by atoms with Gasteiger partial charge in [-0.15, -0.1) is 12.4 Å². The molecule has 0 spiro atoms. The van der Waals surface area contributed by atoms with Gasteiger partial charge in [-0.2, -0.15) is 0 Å². The predicted molar refractivity (Wildman–Crippen MR) is 76.6 cm³/mol. The summed E-state index contributed by atoms with van der Waals surface area (Å²) in [4.78, 5) is 13.7. The van der Waals surface area contributed by atoms with Crippen molar-refractivity contribution in [1.82, 2.24) is 4.90 Å². The van der Waals surface area contributed by atoms with Crippen molar-refractivity contribution >= 4 is 41.5 Å². The normalized spacial score (nSPS) is 18.6. The second-order valence-corrected chi connectivity index (χ2v) is 5.13. The third kappa shape index (κ3) is 3.75. The number of benzene rings is 1. The van der Waals surface area contributed by atoms with Crippen LogP contribution in [0, 0.1) is 0 Å². The van der Waals surface area contributed by atoms with E-state index in [0.717, 1.165) is 18.5 Å². The van der Waals surface area contributed by atoms with Crippen LogP contribution >= 0.6 is 35.6 Å². The minimum Gasteiger partial charge on any atom is -0.341 e. The molecule has 0 bridgehead atoms. The summed E-state index contributed by atoms with van der Waals surface area (Å²) in [6.07, 6.45) is 1.23. The van der Waals surface area contributed by atoms with Crippen LogP contribution in [0.1, 0.15) is 12.0 Å². The topological polar surface area (TPSA) is 46.3 Å². The third-order valence-electron chi connectivity index (χ3n) is 2.92. The molecular weight excluding hydrogens is 295 g/mol. The fourth-order valence-electron chi connectivity index (χ4n) is 1.95. The van der Waals surface area contributed by atoms with Gasteiger partial charge in [-0.25, -0.2) is 0 Å². The van der Waals surface area contributed by atoms with Crippen molar-refractivity contribution in [2.24, 2.45) is 5.73 Å². The first-order chi connectivity index (χ1) is 8.06. The Bertz CT molecular complexity index is 439. The van der Waals surface area contributed by atoms with Crippen molar-refractivity contribution < 1.29 is 4.79 Å². The van der Waals surface area contributed by atoms with Gasteiger partial charge in [0, 0.05) is 19.1 Å². The number of halogens is 3. The van der Waals surface area contributed by atoms with Crippen LogP contribution in [0.25, 0.3) is 0 Å². The lowest BCUT2D eigenvalue weighted by molar-refractivity contribution is -0.129. The molecule has 1 aromatic rings. The molecule has 2 rings (SSSR count). The molecule has 0 radical (unpaired) electrons. The largest absolute Gasteiger partial charge is 0.341 e. The van der Waals surface area contributed by atoms with Crippen LogP contribution in [-0.4, -0.2) is 29.9 Å². The number of carbonyl (C=O) groups is 1. The van der Waals surface area contributed by atoms with Crippen molar-refractivity contribution in [3.05, 3.63) is 33.8 Å². The molecule has 1 aliphatic rings. The number of nitrogens with zero attached hydrogens (tertiary/aromatic N) is 1. The van der Waals surface area contributed by atoms with Crippen LogP contribution in [0.3, 0.4) is 0 Å². The summed E-state index contributed by atoms with van der Waals surface area (Å²) in [5.41, 5.74) is 6.65. The van der Waals surface area contributed by atoms with Crippen molar-refractivity contribution in [3.63, 3.8) is 0 Å². The lowest BCUT2D eigenvalue weighted by Crippen LogP contribution is -2.32. The molecule has 1 aliphatic heterocycles. The average molecular weight is 310 g/mol. The quantitative estimate of drug-likeness (QED) is 0.912. The number of nitrogens with two attached hydrogens (primary N) is 1. The van der Waals surface area contributed by atoms with E-state index in [0.29, 0.717) is 23.0 Å². The van der Waals surface area contributed by atoms with E-state index in [2.05, 4.69) is 0 Å². The molecule has 18 heavy (non-hydrogen) atoms. The molecule has 1 aromatic carbocycles. The van der Waals surface area contributed by atoms with Crippen LogP contribution in [-0.2, 0) is 11.2 Å². The fourth-order valence-corrected chi connectivity index (χ4v) is 2.27. The minimum absolute atomic E-state index is 0. The van der Waals surface area contributed by atoms with Gasteiger partial charge in [0.25, 0.3) is 0 Å². The first-order valence-electron chi connectivity index (χ1n) is 5.53. The molecule has 1 saturated heterocycles. The number of amides is 1. The molecule has 0 aromatic heterocycles. The van der Waals surface area contributed by atoms with Gasteiger partial charge in [0.2, 0.25) is 5.91 Å². The van der Waals surface area contributed by atoms with E-state index < -0.39 is 0 Å². The van der Waals surface area contributed by atoms with Crippen LogP contribution < -0.4 is 5.73 Å². The van der Waals surface area contributed by atoms with Gasteiger partial charge in [0.15, 0.2) is 0 Å². The highest BCUT2D eigenvalue weighted by Crippen LogP contribution is 2.23. The van der Waals surface area contributed by atoms with Gasteiger partial charge in [-0.1, -0.05) is 29.3 Å². The highest BCUT2D eigenvalue weighted by atomic mass is 35.5. The number of hydrogen-bond donors (Lipinski definition) is 1. The summed E-state index contributed by atoms with van der Waals surface area (Å²) in [6.45, 7) is 1.40. The highest BCUT2D eigenvalue weighted by molar-refractivity contribution is 6.42. The Balaban J connectivity index is 0.00000162. The van der Waals surface area contributed by atoms with Crippen molar-refractivity contribution in [2.45, 2.75) is 18.9 Å². The Kier molecular flexibility index (Phi) is 5.73. The van der Waals surface area contributed by atoms with Gasteiger partial charge in [-0.3, -0.25) is 4.79 Å². The zero-order chi connectivity index (χ0) is 12.4. The Morgan fingerprint density at radius 3 is 2.67 bits per heavy atom. The van der Waals surface area contributed by atoms with Crippen LogP contribution in [0.2, 0.25) is 10.0 Å². The summed E-state index contributed by atoms with van der Waals surface area (Å²) in [6, 6.07) is 5.38. The Hall–Kier alpha value is -0.480. The van der Waals surface area contributed by atoms with E-state index in [4.69, 9.17) is 28.9 Å². The molecule has 0 unspecified atom stereocenters. The Morgan fingerprint density at radius 1 is 1.39 bits per heavy atom. The lowest BCUT2D eigenvalue weighted by atomic mass is 10.1. The first-order valence-corrected chi connectivity index (χ1v) is 6.29. The van der Waals surface area contributed by atoms with Crippen LogP contribution in [0.4, 0.5) is 0 Å². The summed E-state index contributed by atoms with van der Waals surface area (Å²) in [5, 5.41) is 0.987. The lowest BCUT2D eigenvalue weighted by Gasteiger charge is -2.15. The van der Waals surface area contributed by atoms with Gasteiger partial charge in [0.1, 0.15) is 0 Å². The summed E-state index contributed by atoms with van der Waals surface area (Å²) in [5.74, 6) is 0.0938. The van der Waals surface area contributed by atoms with E-state index in [1.165, 1.54) is 0 Å². The van der Waals surface area contributed by atoms with Gasteiger partial charge >= 0.3 is 0 Å². The molecule has 1 atom stereocenters. The summed E-state index contributed by atoms with van der Waals surface area (Å²) >= 11 is 11.7. The smallest absolute Gasteiger partial charge is 0.227 e. The van der Waals surface area contributed by atoms with E-state index in [1.807, 2.05) is 6.07 Å². The molecule has 100 valence electrons. The van der Waals surface area contributed by atoms with Gasteiger partial charge in [0.05, 0.1) is 16.5 Å². The third-order valence-corrected chi connectivity index (χ3v) is 3.66. The van der Waals surface area contributed by atoms with Gasteiger partial charge < -0.3 is 10.6 Å². The molecule has 1 fully saturated rings. The van der Waals surface area contributed by atoms with Gasteiger partial charge in [-0.05, 0) is 24.1 Å². The average Bonchev–Trinajstić information content (AvgIpc) is 2.70. The van der Waals surface area contributed by atoms with Crippen LogP contribution in [0.15, 0.2) is 18.2 Å². The van der Waals surface area contributed by atoms with Crippen molar-refractivity contribution in [1.29, 1.82) is 0 Å². The Labute approximate surface area is 123 Å². The van der Waals surface area contributed by atoms with Crippen molar-refractivity contribution in [3.8, 4) is 0 Å². The molecule has 2 N–H and O–H groups in total. The maximum absolute atomic E-state index is 12.0. The van der Waals surface area contributed by atoms with Crippen molar-refractivity contribution in [2.75, 3.05) is 13.1 Å². The molecule has 1 amide bonds. The number of hydrogen-bond acceptors (Lipinski definition) is 2. The number of likely N-dealkylation sites (tertiary alicyclic amines) is 1. The summed E-state index contributed by atoms with van der Waals surface area (Å²) in [7, 11) is 0. The Morgan fingerprint density at radius 2 is 2.11 bits per heavy atom. The first kappa shape index (κ1) is 15.6. The number of rotatable bonds is 2. The van der Waals surface area contributed by atoms with E-state index in [-0.39, 0.29) is 24.4 Å². The maximum atomic E-state index is 12.0. The minimum atomic E-state index is 0. The second-order valence-electron chi connectivity index (χ2n) is 4.31. The molecule has 0 saturated carbocycles. The molecule has 3 nitrogen and oxygen atoms in total. The standard InChI is InChI=1S/C12H14Cl2N2O.ClH/c13-10-2-1-8(5-11(10)14)6-12(17)16-4-3-9(15)7-16;/h1-2,5,9H,3-4,6-7,15H2;1H/t9-;/m1./s1.